The first-order valence-electron chi connectivity index (χ1n) is 4.97. The second kappa shape index (κ2) is 5.23. The molecule has 0 aromatic carbocycles. The molecule has 2 aromatic rings. The van der Waals surface area contributed by atoms with E-state index in [4.69, 9.17) is 0 Å². The molecule has 84 valence electrons. The van der Waals surface area contributed by atoms with Gasteiger partial charge in [0.15, 0.2) is 0 Å². The third kappa shape index (κ3) is 2.90. The maximum atomic E-state index is 11.7. The van der Waals surface area contributed by atoms with Gasteiger partial charge in [-0.3, -0.25) is 4.79 Å². The normalized spacial score (nSPS) is 12.3. The van der Waals surface area contributed by atoms with Gasteiger partial charge >= 0.3 is 0 Å². The Morgan fingerprint density at radius 2 is 2.50 bits per heavy atom. The Morgan fingerprint density at radius 3 is 3.12 bits per heavy atom. The summed E-state index contributed by atoms with van der Waals surface area (Å²) in [5.41, 5.74) is 2.17. The van der Waals surface area contributed by atoms with E-state index in [0.29, 0.717) is 5.69 Å². The van der Waals surface area contributed by atoms with Gasteiger partial charge < -0.3 is 5.32 Å². The Bertz CT molecular complexity index is 437. The van der Waals surface area contributed by atoms with Crippen LogP contribution in [0.25, 0.3) is 0 Å². The van der Waals surface area contributed by atoms with Crippen LogP contribution in [0.4, 0.5) is 0 Å². The molecule has 2 aromatic heterocycles. The fraction of sp³-hybridized carbons (Fsp3) is 0.273. The molecule has 0 aliphatic carbocycles. The highest BCUT2D eigenvalue weighted by molar-refractivity contribution is 7.09. The summed E-state index contributed by atoms with van der Waals surface area (Å²) in [7, 11) is 0. The standard InChI is InChI=1S/C11H12N2OS2/c1-8(5-9-3-2-4-16-9)13-11(14)10-6-15-7-12-10/h2-4,6-8H,5H2,1H3,(H,13,14). The average Bonchev–Trinajstić information content (AvgIpc) is 2.88. The van der Waals surface area contributed by atoms with Gasteiger partial charge in [0.2, 0.25) is 0 Å². The highest BCUT2D eigenvalue weighted by Gasteiger charge is 2.11. The molecule has 1 atom stereocenters. The lowest BCUT2D eigenvalue weighted by atomic mass is 10.2. The van der Waals surface area contributed by atoms with Gasteiger partial charge in [0, 0.05) is 22.7 Å². The van der Waals surface area contributed by atoms with E-state index in [9.17, 15) is 4.79 Å². The van der Waals surface area contributed by atoms with Crippen molar-refractivity contribution in [1.82, 2.24) is 10.3 Å². The van der Waals surface area contributed by atoms with E-state index in [0.717, 1.165) is 6.42 Å². The van der Waals surface area contributed by atoms with Gasteiger partial charge in [0.25, 0.3) is 5.91 Å². The van der Waals surface area contributed by atoms with Crippen molar-refractivity contribution in [3.05, 3.63) is 39.0 Å². The fourth-order valence-electron chi connectivity index (χ4n) is 1.40. The van der Waals surface area contributed by atoms with Crippen LogP contribution in [0.5, 0.6) is 0 Å². The molecule has 0 bridgehead atoms. The second-order valence-electron chi connectivity index (χ2n) is 3.53. The van der Waals surface area contributed by atoms with Crippen molar-refractivity contribution in [2.45, 2.75) is 19.4 Å². The molecule has 1 N–H and O–H groups in total. The van der Waals surface area contributed by atoms with Crippen LogP contribution < -0.4 is 5.32 Å². The molecule has 0 aliphatic heterocycles. The lowest BCUT2D eigenvalue weighted by molar-refractivity contribution is 0.0936. The van der Waals surface area contributed by atoms with Crippen molar-refractivity contribution in [3.63, 3.8) is 0 Å². The zero-order valence-electron chi connectivity index (χ0n) is 8.84. The van der Waals surface area contributed by atoms with E-state index in [1.54, 1.807) is 22.2 Å². The Balaban J connectivity index is 1.88. The molecule has 1 amide bonds. The highest BCUT2D eigenvalue weighted by Crippen LogP contribution is 2.11. The summed E-state index contributed by atoms with van der Waals surface area (Å²) < 4.78 is 0. The number of nitrogens with one attached hydrogen (secondary N) is 1. The van der Waals surface area contributed by atoms with Crippen LogP contribution in [0.3, 0.4) is 0 Å². The zero-order chi connectivity index (χ0) is 11.4. The topological polar surface area (TPSA) is 42.0 Å². The van der Waals surface area contributed by atoms with Gasteiger partial charge in [-0.25, -0.2) is 4.98 Å². The molecule has 5 heteroatoms. The minimum Gasteiger partial charge on any atom is -0.348 e. The van der Waals surface area contributed by atoms with E-state index in [1.807, 2.05) is 18.4 Å². The van der Waals surface area contributed by atoms with Crippen LogP contribution in [0.1, 0.15) is 22.3 Å². The van der Waals surface area contributed by atoms with Gasteiger partial charge in [-0.05, 0) is 18.4 Å². The first-order chi connectivity index (χ1) is 7.75. The van der Waals surface area contributed by atoms with Crippen LogP contribution in [0.2, 0.25) is 0 Å². The number of amides is 1. The smallest absolute Gasteiger partial charge is 0.270 e. The van der Waals surface area contributed by atoms with Crippen molar-refractivity contribution < 1.29 is 4.79 Å². The molecule has 0 aliphatic rings. The zero-order valence-corrected chi connectivity index (χ0v) is 10.5. The van der Waals surface area contributed by atoms with E-state index >= 15 is 0 Å². The van der Waals surface area contributed by atoms with Crippen molar-refractivity contribution in [1.29, 1.82) is 0 Å². The highest BCUT2D eigenvalue weighted by atomic mass is 32.1. The van der Waals surface area contributed by atoms with Gasteiger partial charge in [-0.15, -0.1) is 22.7 Å². The quantitative estimate of drug-likeness (QED) is 0.908. The van der Waals surface area contributed by atoms with E-state index in [1.165, 1.54) is 16.2 Å². The second-order valence-corrected chi connectivity index (χ2v) is 5.28. The molecular weight excluding hydrogens is 240 g/mol. The summed E-state index contributed by atoms with van der Waals surface area (Å²) in [6.07, 6.45) is 0.869. The Morgan fingerprint density at radius 1 is 1.62 bits per heavy atom. The lowest BCUT2D eigenvalue weighted by Gasteiger charge is -2.11. The molecular formula is C11H12N2OS2. The van der Waals surface area contributed by atoms with E-state index in [-0.39, 0.29) is 11.9 Å². The Hall–Kier alpha value is -1.20. The van der Waals surface area contributed by atoms with Crippen LogP contribution in [0, 0.1) is 0 Å². The predicted octanol–water partition coefficient (Wildman–Crippen LogP) is 2.57. The monoisotopic (exact) mass is 252 g/mol. The van der Waals surface area contributed by atoms with Crippen molar-refractivity contribution >= 4 is 28.6 Å². The minimum absolute atomic E-state index is 0.0923. The Labute approximate surface area is 102 Å². The SMILES string of the molecule is CC(Cc1cccs1)NC(=O)c1cscn1. The third-order valence-electron chi connectivity index (χ3n) is 2.13. The van der Waals surface area contributed by atoms with Crippen molar-refractivity contribution in [3.8, 4) is 0 Å². The number of thiazole rings is 1. The molecule has 0 saturated carbocycles. The summed E-state index contributed by atoms with van der Waals surface area (Å²) in [4.78, 5) is 16.9. The summed E-state index contributed by atoms with van der Waals surface area (Å²) in [6, 6.07) is 4.23. The van der Waals surface area contributed by atoms with Crippen LogP contribution >= 0.6 is 22.7 Å². The largest absolute Gasteiger partial charge is 0.348 e. The maximum Gasteiger partial charge on any atom is 0.270 e. The van der Waals surface area contributed by atoms with Crippen LogP contribution in [-0.4, -0.2) is 16.9 Å². The molecule has 0 spiro atoms. The molecule has 0 radical (unpaired) electrons. The predicted molar refractivity (Wildman–Crippen MR) is 67.1 cm³/mol. The Kier molecular flexibility index (Phi) is 3.69. The number of thiophene rings is 1. The van der Waals surface area contributed by atoms with Gasteiger partial charge in [-0.1, -0.05) is 6.07 Å². The number of hydrogen-bond donors (Lipinski definition) is 1. The average molecular weight is 252 g/mol. The maximum absolute atomic E-state index is 11.7. The summed E-state index contributed by atoms with van der Waals surface area (Å²) in [5, 5.41) is 6.74. The number of aromatic nitrogens is 1. The first-order valence-corrected chi connectivity index (χ1v) is 6.79. The third-order valence-corrected chi connectivity index (χ3v) is 3.62. The number of rotatable bonds is 4. The number of carbonyl (C=O) groups is 1. The van der Waals surface area contributed by atoms with Gasteiger partial charge in [0.1, 0.15) is 5.69 Å². The number of nitrogens with zero attached hydrogens (tertiary/aromatic N) is 1. The molecule has 2 rings (SSSR count). The summed E-state index contributed by atoms with van der Waals surface area (Å²) >= 11 is 3.14. The van der Waals surface area contributed by atoms with Crippen LogP contribution in [0.15, 0.2) is 28.4 Å². The molecule has 0 saturated heterocycles. The molecule has 3 nitrogen and oxygen atoms in total. The van der Waals surface area contributed by atoms with Crippen LogP contribution in [-0.2, 0) is 6.42 Å². The van der Waals surface area contributed by atoms with E-state index < -0.39 is 0 Å². The molecule has 1 unspecified atom stereocenters. The number of carbonyl (C=O) groups excluding carboxylic acids is 1. The fourth-order valence-corrected chi connectivity index (χ4v) is 2.77. The molecule has 16 heavy (non-hydrogen) atoms. The first kappa shape index (κ1) is 11.3. The molecule has 0 fully saturated rings. The summed E-state index contributed by atoms with van der Waals surface area (Å²) in [6.45, 7) is 2.00. The molecule has 2 heterocycles. The van der Waals surface area contributed by atoms with E-state index in [2.05, 4.69) is 16.4 Å². The van der Waals surface area contributed by atoms with Crippen molar-refractivity contribution in [2.75, 3.05) is 0 Å². The lowest BCUT2D eigenvalue weighted by Crippen LogP contribution is -2.34. The number of hydrogen-bond acceptors (Lipinski definition) is 4. The summed E-state index contributed by atoms with van der Waals surface area (Å²) in [5.74, 6) is -0.0923. The van der Waals surface area contributed by atoms with Gasteiger partial charge in [-0.2, -0.15) is 0 Å². The minimum atomic E-state index is -0.0923. The van der Waals surface area contributed by atoms with Crippen molar-refractivity contribution in [2.24, 2.45) is 0 Å². The van der Waals surface area contributed by atoms with Gasteiger partial charge in [0.05, 0.1) is 5.51 Å².